The van der Waals surface area contributed by atoms with E-state index in [4.69, 9.17) is 23.4 Å². The summed E-state index contributed by atoms with van der Waals surface area (Å²) in [5.41, 5.74) is 2.81. The van der Waals surface area contributed by atoms with Crippen LogP contribution in [0.2, 0.25) is 0 Å². The van der Waals surface area contributed by atoms with E-state index < -0.39 is 0 Å². The van der Waals surface area contributed by atoms with Crippen LogP contribution in [-0.2, 0) is 26.1 Å². The van der Waals surface area contributed by atoms with Crippen molar-refractivity contribution in [1.29, 1.82) is 0 Å². The summed E-state index contributed by atoms with van der Waals surface area (Å²) in [6.45, 7) is 1.84. The molecule has 4 rings (SSSR count). The minimum absolute atomic E-state index is 0.226. The predicted molar refractivity (Wildman–Crippen MR) is 153 cm³/mol. The van der Waals surface area contributed by atoms with Gasteiger partial charge in [-0.05, 0) is 71.6 Å². The zero-order chi connectivity index (χ0) is 29.2. The lowest BCUT2D eigenvalue weighted by molar-refractivity contribution is 0.0922. The van der Waals surface area contributed by atoms with E-state index in [0.29, 0.717) is 61.4 Å². The van der Waals surface area contributed by atoms with Gasteiger partial charge in [-0.2, -0.15) is 0 Å². The summed E-state index contributed by atoms with van der Waals surface area (Å²) < 4.78 is 41.3. The number of hydrogen-bond acceptors (Lipinski definition) is 7. The molecule has 9 heteroatoms. The lowest BCUT2D eigenvalue weighted by atomic mass is 10.1. The van der Waals surface area contributed by atoms with Crippen molar-refractivity contribution in [3.05, 3.63) is 107 Å². The molecule has 3 aromatic carbocycles. The maximum Gasteiger partial charge on any atom is 0.287 e. The van der Waals surface area contributed by atoms with Crippen molar-refractivity contribution in [2.45, 2.75) is 26.1 Å². The summed E-state index contributed by atoms with van der Waals surface area (Å²) in [6.07, 6.45) is 0.617. The zero-order valence-electron chi connectivity index (χ0n) is 23.7. The van der Waals surface area contributed by atoms with Crippen LogP contribution in [0.3, 0.4) is 0 Å². The monoisotopic (exact) mass is 562 g/mol. The van der Waals surface area contributed by atoms with Gasteiger partial charge in [0, 0.05) is 19.6 Å². The first kappa shape index (κ1) is 29.5. The number of ether oxygens (including phenoxy) is 4. The molecular weight excluding hydrogens is 527 g/mol. The van der Waals surface area contributed by atoms with E-state index in [0.717, 1.165) is 16.7 Å². The minimum Gasteiger partial charge on any atom is -0.493 e. The fourth-order valence-corrected chi connectivity index (χ4v) is 4.55. The molecule has 1 amide bonds. The molecule has 0 saturated heterocycles. The number of furan rings is 1. The second kappa shape index (κ2) is 14.2. The highest BCUT2D eigenvalue weighted by atomic mass is 19.1. The number of rotatable bonds is 14. The SMILES string of the molecule is COc1ccc(CCNC(=O)c2ccc(CN(Cc3cccc(F)c3)Cc3ccc(OC)c(OC)c3)o2)cc1OC. The van der Waals surface area contributed by atoms with Crippen molar-refractivity contribution in [3.63, 3.8) is 0 Å². The first-order valence-corrected chi connectivity index (χ1v) is 13.2. The highest BCUT2D eigenvalue weighted by molar-refractivity contribution is 5.91. The number of benzene rings is 3. The molecule has 0 fully saturated rings. The van der Waals surface area contributed by atoms with Crippen LogP contribution in [0, 0.1) is 5.82 Å². The highest BCUT2D eigenvalue weighted by Crippen LogP contribution is 2.29. The van der Waals surface area contributed by atoms with Crippen molar-refractivity contribution >= 4 is 5.91 Å². The Morgan fingerprint density at radius 3 is 1.98 bits per heavy atom. The summed E-state index contributed by atoms with van der Waals surface area (Å²) in [4.78, 5) is 14.9. The molecule has 0 radical (unpaired) electrons. The van der Waals surface area contributed by atoms with Crippen LogP contribution >= 0.6 is 0 Å². The molecule has 1 heterocycles. The fourth-order valence-electron chi connectivity index (χ4n) is 4.55. The molecule has 216 valence electrons. The number of nitrogens with one attached hydrogen (secondary N) is 1. The van der Waals surface area contributed by atoms with Crippen LogP contribution in [-0.4, -0.2) is 45.8 Å². The maximum atomic E-state index is 13.9. The van der Waals surface area contributed by atoms with E-state index >= 15 is 0 Å². The molecular formula is C32H35FN2O6. The molecule has 8 nitrogen and oxygen atoms in total. The summed E-state index contributed by atoms with van der Waals surface area (Å²) in [5.74, 6) is 2.81. The van der Waals surface area contributed by atoms with Crippen LogP contribution in [0.25, 0.3) is 0 Å². The fraction of sp³-hybridized carbons (Fsp3) is 0.281. The molecule has 41 heavy (non-hydrogen) atoms. The molecule has 0 aliphatic rings. The average molecular weight is 563 g/mol. The number of nitrogens with zero attached hydrogens (tertiary/aromatic N) is 1. The lowest BCUT2D eigenvalue weighted by Gasteiger charge is -2.22. The smallest absolute Gasteiger partial charge is 0.287 e. The number of hydrogen-bond donors (Lipinski definition) is 1. The second-order valence-electron chi connectivity index (χ2n) is 9.43. The third-order valence-electron chi connectivity index (χ3n) is 6.56. The van der Waals surface area contributed by atoms with Gasteiger partial charge in [0.2, 0.25) is 0 Å². The van der Waals surface area contributed by atoms with Gasteiger partial charge < -0.3 is 28.7 Å². The third-order valence-corrected chi connectivity index (χ3v) is 6.56. The Kier molecular flexibility index (Phi) is 10.2. The van der Waals surface area contributed by atoms with Gasteiger partial charge in [0.15, 0.2) is 28.8 Å². The largest absolute Gasteiger partial charge is 0.493 e. The Hall–Kier alpha value is -4.50. The Labute approximate surface area is 239 Å². The van der Waals surface area contributed by atoms with Gasteiger partial charge in [0.25, 0.3) is 5.91 Å². The molecule has 0 atom stereocenters. The van der Waals surface area contributed by atoms with Gasteiger partial charge >= 0.3 is 0 Å². The maximum absolute atomic E-state index is 13.9. The molecule has 0 unspecified atom stereocenters. The molecule has 1 aromatic heterocycles. The topological polar surface area (TPSA) is 82.4 Å². The quantitative estimate of drug-likeness (QED) is 0.213. The first-order chi connectivity index (χ1) is 19.9. The number of amides is 1. The van der Waals surface area contributed by atoms with Gasteiger partial charge in [0.1, 0.15) is 11.6 Å². The van der Waals surface area contributed by atoms with Crippen molar-refractivity contribution < 1.29 is 32.5 Å². The van der Waals surface area contributed by atoms with Gasteiger partial charge in [-0.3, -0.25) is 9.69 Å². The van der Waals surface area contributed by atoms with E-state index in [1.807, 2.05) is 42.5 Å². The Balaban J connectivity index is 1.41. The van der Waals surface area contributed by atoms with Crippen molar-refractivity contribution in [2.24, 2.45) is 0 Å². The second-order valence-corrected chi connectivity index (χ2v) is 9.43. The van der Waals surface area contributed by atoms with E-state index in [9.17, 15) is 9.18 Å². The van der Waals surface area contributed by atoms with Gasteiger partial charge in [-0.25, -0.2) is 4.39 Å². The number of carbonyl (C=O) groups excluding carboxylic acids is 1. The van der Waals surface area contributed by atoms with Gasteiger partial charge in [-0.1, -0.05) is 24.3 Å². The molecule has 0 saturated carbocycles. The van der Waals surface area contributed by atoms with E-state index in [1.165, 1.54) is 12.1 Å². The van der Waals surface area contributed by atoms with Crippen molar-refractivity contribution in [2.75, 3.05) is 35.0 Å². The predicted octanol–water partition coefficient (Wildman–Crippen LogP) is 5.63. The molecule has 4 aromatic rings. The Morgan fingerprint density at radius 1 is 0.732 bits per heavy atom. The molecule has 0 spiro atoms. The highest BCUT2D eigenvalue weighted by Gasteiger charge is 2.16. The van der Waals surface area contributed by atoms with Crippen LogP contribution < -0.4 is 24.3 Å². The summed E-state index contributed by atoms with van der Waals surface area (Å²) in [7, 11) is 6.36. The molecule has 0 bridgehead atoms. The normalized spacial score (nSPS) is 10.9. The zero-order valence-corrected chi connectivity index (χ0v) is 23.7. The lowest BCUT2D eigenvalue weighted by Crippen LogP contribution is -2.25. The summed E-state index contributed by atoms with van der Waals surface area (Å²) in [6, 6.07) is 21.3. The van der Waals surface area contributed by atoms with Crippen LogP contribution in [0.5, 0.6) is 23.0 Å². The average Bonchev–Trinajstić information content (AvgIpc) is 3.45. The van der Waals surface area contributed by atoms with E-state index in [2.05, 4.69) is 10.2 Å². The molecule has 0 aliphatic heterocycles. The van der Waals surface area contributed by atoms with Crippen LogP contribution in [0.15, 0.2) is 77.2 Å². The molecule has 0 aliphatic carbocycles. The number of methoxy groups -OCH3 is 4. The Bertz CT molecular complexity index is 1450. The van der Waals surface area contributed by atoms with Crippen molar-refractivity contribution in [1.82, 2.24) is 10.2 Å². The first-order valence-electron chi connectivity index (χ1n) is 13.2. The van der Waals surface area contributed by atoms with E-state index in [1.54, 1.807) is 46.6 Å². The third kappa shape index (κ3) is 8.02. The standard InChI is InChI=1S/C32H35FN2O6/c1-37-27-11-8-22(17-30(27)39-3)14-15-34-32(36)29-13-10-26(41-29)21-35(19-23-6-5-7-25(33)16-23)20-24-9-12-28(38-2)31(18-24)40-4/h5-13,16-18H,14-15,19-21H2,1-4H3,(H,34,36). The summed E-state index contributed by atoms with van der Waals surface area (Å²) in [5, 5.41) is 2.90. The molecule has 1 N–H and O–H groups in total. The van der Waals surface area contributed by atoms with Gasteiger partial charge in [-0.15, -0.1) is 0 Å². The summed E-state index contributed by atoms with van der Waals surface area (Å²) >= 11 is 0. The van der Waals surface area contributed by atoms with E-state index in [-0.39, 0.29) is 17.5 Å². The van der Waals surface area contributed by atoms with Crippen LogP contribution in [0.1, 0.15) is 33.0 Å². The number of carbonyl (C=O) groups is 1. The minimum atomic E-state index is -0.298. The Morgan fingerprint density at radius 2 is 1.34 bits per heavy atom. The number of halogens is 1. The van der Waals surface area contributed by atoms with Crippen LogP contribution in [0.4, 0.5) is 4.39 Å². The van der Waals surface area contributed by atoms with Gasteiger partial charge in [0.05, 0.1) is 35.0 Å². The van der Waals surface area contributed by atoms with Crippen molar-refractivity contribution in [3.8, 4) is 23.0 Å².